The highest BCUT2D eigenvalue weighted by Crippen LogP contribution is 2.32. The van der Waals surface area contributed by atoms with Gasteiger partial charge in [0.15, 0.2) is 0 Å². The number of benzene rings is 1. The van der Waals surface area contributed by atoms with Crippen LogP contribution in [0.15, 0.2) is 28.9 Å². The first-order valence-corrected chi connectivity index (χ1v) is 5.22. The lowest BCUT2D eigenvalue weighted by Crippen LogP contribution is -1.95. The van der Waals surface area contributed by atoms with Crippen LogP contribution in [0.1, 0.15) is 10.5 Å². The number of hydrogen-bond acceptors (Lipinski definition) is 3. The number of carboxylic acids is 1. The second-order valence-electron chi connectivity index (χ2n) is 3.85. The number of nitrogens with zero attached hydrogens (tertiary/aromatic N) is 1. The van der Waals surface area contributed by atoms with Gasteiger partial charge in [0.1, 0.15) is 22.9 Å². The van der Waals surface area contributed by atoms with Crippen LogP contribution in [0.2, 0.25) is 0 Å². The molecule has 0 saturated heterocycles. The van der Waals surface area contributed by atoms with Gasteiger partial charge in [-0.3, -0.25) is 5.10 Å². The van der Waals surface area contributed by atoms with E-state index in [9.17, 15) is 13.6 Å². The minimum absolute atomic E-state index is 0.0130. The van der Waals surface area contributed by atoms with Crippen LogP contribution in [0.4, 0.5) is 8.78 Å². The molecule has 0 aliphatic rings. The van der Waals surface area contributed by atoms with E-state index in [0.29, 0.717) is 6.07 Å². The molecule has 7 heteroatoms. The Balaban J connectivity index is 2.29. The molecule has 5 nitrogen and oxygen atoms in total. The molecule has 0 spiro atoms. The van der Waals surface area contributed by atoms with Gasteiger partial charge in [0.05, 0.1) is 22.9 Å². The molecule has 0 fully saturated rings. The molecule has 0 amide bonds. The molecule has 0 radical (unpaired) electrons. The summed E-state index contributed by atoms with van der Waals surface area (Å²) in [6, 6.07) is 3.22. The minimum Gasteiger partial charge on any atom is -0.477 e. The largest absolute Gasteiger partial charge is 0.477 e. The standard InChI is InChI=1S/C12H6F2N2O3/c13-6-3-7(14)10(11-5(6)1-2-19-11)8-4-9(12(17)18)16-15-8/h1-4H,(H,15,16)(H,17,18). The van der Waals surface area contributed by atoms with Gasteiger partial charge in [-0.25, -0.2) is 13.6 Å². The van der Waals surface area contributed by atoms with Crippen molar-refractivity contribution in [1.82, 2.24) is 10.2 Å². The fourth-order valence-electron chi connectivity index (χ4n) is 1.86. The van der Waals surface area contributed by atoms with E-state index in [0.717, 1.165) is 6.07 Å². The van der Waals surface area contributed by atoms with Gasteiger partial charge in [0.2, 0.25) is 0 Å². The molecular weight excluding hydrogens is 258 g/mol. The van der Waals surface area contributed by atoms with Crippen molar-refractivity contribution >= 4 is 16.9 Å². The molecule has 2 aromatic heterocycles. The second-order valence-corrected chi connectivity index (χ2v) is 3.85. The number of carboxylic acid groups (broad SMARTS) is 1. The maximum absolute atomic E-state index is 13.9. The van der Waals surface area contributed by atoms with Crippen LogP contribution < -0.4 is 0 Å². The predicted molar refractivity (Wildman–Crippen MR) is 60.7 cm³/mol. The summed E-state index contributed by atoms with van der Waals surface area (Å²) in [5.74, 6) is -2.85. The van der Waals surface area contributed by atoms with Gasteiger partial charge in [0.25, 0.3) is 0 Å². The monoisotopic (exact) mass is 264 g/mol. The summed E-state index contributed by atoms with van der Waals surface area (Å²) >= 11 is 0. The van der Waals surface area contributed by atoms with E-state index in [2.05, 4.69) is 10.2 Å². The van der Waals surface area contributed by atoms with Crippen molar-refractivity contribution < 1.29 is 23.1 Å². The molecule has 0 atom stereocenters. The number of halogens is 2. The van der Waals surface area contributed by atoms with E-state index in [1.165, 1.54) is 12.3 Å². The van der Waals surface area contributed by atoms with Crippen molar-refractivity contribution in [1.29, 1.82) is 0 Å². The lowest BCUT2D eigenvalue weighted by molar-refractivity contribution is 0.0690. The molecule has 96 valence electrons. The number of fused-ring (bicyclic) bond motifs is 1. The van der Waals surface area contributed by atoms with E-state index >= 15 is 0 Å². The fraction of sp³-hybridized carbons (Fsp3) is 0. The average Bonchev–Trinajstić information content (AvgIpc) is 2.97. The van der Waals surface area contributed by atoms with Crippen molar-refractivity contribution in [2.75, 3.05) is 0 Å². The molecular formula is C12H6F2N2O3. The number of hydrogen-bond donors (Lipinski definition) is 2. The molecule has 3 rings (SSSR count). The molecule has 0 aliphatic heterocycles. The fourth-order valence-corrected chi connectivity index (χ4v) is 1.86. The number of carbonyl (C=O) groups is 1. The summed E-state index contributed by atoms with van der Waals surface area (Å²) in [7, 11) is 0. The first kappa shape index (κ1) is 11.4. The smallest absolute Gasteiger partial charge is 0.353 e. The van der Waals surface area contributed by atoms with Gasteiger partial charge < -0.3 is 9.52 Å². The zero-order chi connectivity index (χ0) is 13.6. The lowest BCUT2D eigenvalue weighted by atomic mass is 10.1. The number of nitrogens with one attached hydrogen (secondary N) is 1. The van der Waals surface area contributed by atoms with E-state index in [1.807, 2.05) is 0 Å². The Morgan fingerprint density at radius 2 is 2.11 bits per heavy atom. The van der Waals surface area contributed by atoms with Gasteiger partial charge in [-0.1, -0.05) is 0 Å². The molecule has 3 aromatic rings. The first-order valence-electron chi connectivity index (χ1n) is 5.22. The Morgan fingerprint density at radius 1 is 1.32 bits per heavy atom. The third-order valence-electron chi connectivity index (χ3n) is 2.71. The Labute approximate surface area is 104 Å². The van der Waals surface area contributed by atoms with Crippen LogP contribution in [0.5, 0.6) is 0 Å². The first-order chi connectivity index (χ1) is 9.08. The summed E-state index contributed by atoms with van der Waals surface area (Å²) < 4.78 is 32.4. The molecule has 0 bridgehead atoms. The third-order valence-corrected chi connectivity index (χ3v) is 2.71. The Kier molecular flexibility index (Phi) is 2.34. The van der Waals surface area contributed by atoms with Crippen LogP contribution >= 0.6 is 0 Å². The van der Waals surface area contributed by atoms with Gasteiger partial charge in [-0.15, -0.1) is 0 Å². The van der Waals surface area contributed by atoms with Crippen molar-refractivity contribution in [3.05, 3.63) is 41.8 Å². The second kappa shape index (κ2) is 3.91. The topological polar surface area (TPSA) is 79.1 Å². The quantitative estimate of drug-likeness (QED) is 0.745. The molecule has 0 aliphatic carbocycles. The van der Waals surface area contributed by atoms with Crippen molar-refractivity contribution in [3.63, 3.8) is 0 Å². The zero-order valence-corrected chi connectivity index (χ0v) is 9.28. The maximum Gasteiger partial charge on any atom is 0.353 e. The maximum atomic E-state index is 13.9. The number of aromatic nitrogens is 2. The highest BCUT2D eigenvalue weighted by molar-refractivity contribution is 5.94. The molecule has 1 aromatic carbocycles. The van der Waals surface area contributed by atoms with Crippen LogP contribution in [0.25, 0.3) is 22.2 Å². The van der Waals surface area contributed by atoms with Gasteiger partial charge in [-0.2, -0.15) is 5.10 Å². The lowest BCUT2D eigenvalue weighted by Gasteiger charge is -2.01. The zero-order valence-electron chi connectivity index (χ0n) is 9.28. The SMILES string of the molecule is O=C(O)c1cc(-c2c(F)cc(F)c3ccoc23)n[nH]1. The number of aromatic amines is 1. The summed E-state index contributed by atoms with van der Waals surface area (Å²) in [5, 5.41) is 14.8. The summed E-state index contributed by atoms with van der Waals surface area (Å²) in [5.41, 5.74) is -0.251. The number of H-pyrrole nitrogens is 1. The normalized spacial score (nSPS) is 11.1. The number of aromatic carboxylic acids is 1. The summed E-state index contributed by atoms with van der Waals surface area (Å²) in [4.78, 5) is 10.7. The van der Waals surface area contributed by atoms with E-state index in [-0.39, 0.29) is 27.9 Å². The predicted octanol–water partition coefficient (Wildman–Crippen LogP) is 2.80. The Hall–Kier alpha value is -2.70. The Bertz CT molecular complexity index is 791. The van der Waals surface area contributed by atoms with Crippen molar-refractivity contribution in [2.24, 2.45) is 0 Å². The average molecular weight is 264 g/mol. The van der Waals surface area contributed by atoms with Crippen LogP contribution in [-0.4, -0.2) is 21.3 Å². The van der Waals surface area contributed by atoms with Crippen molar-refractivity contribution in [2.45, 2.75) is 0 Å². The highest BCUT2D eigenvalue weighted by Gasteiger charge is 2.20. The van der Waals surface area contributed by atoms with Gasteiger partial charge >= 0.3 is 5.97 Å². The van der Waals surface area contributed by atoms with Crippen molar-refractivity contribution in [3.8, 4) is 11.3 Å². The van der Waals surface area contributed by atoms with Crippen LogP contribution in [0.3, 0.4) is 0 Å². The highest BCUT2D eigenvalue weighted by atomic mass is 19.1. The number of rotatable bonds is 2. The van der Waals surface area contributed by atoms with E-state index in [1.54, 1.807) is 0 Å². The van der Waals surface area contributed by atoms with Gasteiger partial charge in [-0.05, 0) is 12.1 Å². The number of furan rings is 1. The summed E-state index contributed by atoms with van der Waals surface area (Å²) in [6.45, 7) is 0. The third kappa shape index (κ3) is 1.67. The van der Waals surface area contributed by atoms with E-state index in [4.69, 9.17) is 9.52 Å². The Morgan fingerprint density at radius 3 is 2.79 bits per heavy atom. The van der Waals surface area contributed by atoms with E-state index < -0.39 is 17.6 Å². The molecule has 2 heterocycles. The van der Waals surface area contributed by atoms with Crippen LogP contribution in [0, 0.1) is 11.6 Å². The minimum atomic E-state index is -1.23. The molecule has 2 N–H and O–H groups in total. The molecule has 19 heavy (non-hydrogen) atoms. The van der Waals surface area contributed by atoms with Crippen LogP contribution in [-0.2, 0) is 0 Å². The van der Waals surface area contributed by atoms with Gasteiger partial charge in [0, 0.05) is 6.07 Å². The molecule has 0 saturated carbocycles. The summed E-state index contributed by atoms with van der Waals surface area (Å²) in [6.07, 6.45) is 1.22. The molecule has 0 unspecified atom stereocenters.